The van der Waals surface area contributed by atoms with Gasteiger partial charge < -0.3 is 19.7 Å². The predicted octanol–water partition coefficient (Wildman–Crippen LogP) is 4.05. The Morgan fingerprint density at radius 2 is 1.65 bits per heavy atom. The summed E-state index contributed by atoms with van der Waals surface area (Å²) in [4.78, 5) is 12.7. The van der Waals surface area contributed by atoms with Crippen LogP contribution in [0.4, 0.5) is 14.5 Å². The van der Waals surface area contributed by atoms with E-state index in [9.17, 15) is 18.7 Å². The fraction of sp³-hybridized carbons (Fsp3) is 0.435. The average Bonchev–Trinajstić information content (AvgIpc) is 2.84. The number of rotatable bonds is 4. The fourth-order valence-corrected chi connectivity index (χ4v) is 3.31. The van der Waals surface area contributed by atoms with Crippen molar-refractivity contribution in [1.29, 1.82) is 0 Å². The number of hydrogen-bond donors (Lipinski definition) is 2. The van der Waals surface area contributed by atoms with Gasteiger partial charge in [0.25, 0.3) is 5.91 Å². The van der Waals surface area contributed by atoms with E-state index < -0.39 is 41.5 Å². The predicted molar refractivity (Wildman–Crippen MR) is 116 cm³/mol. The second-order valence-electron chi connectivity index (χ2n) is 9.46. The molecule has 5 nitrogen and oxygen atoms in total. The van der Waals surface area contributed by atoms with Gasteiger partial charge in [0, 0.05) is 5.69 Å². The molecule has 0 saturated carbocycles. The molecule has 1 heterocycles. The molecule has 1 amide bonds. The van der Waals surface area contributed by atoms with Crippen LogP contribution in [-0.2, 0) is 14.9 Å². The number of carbonyl (C=O) groups is 1. The topological polar surface area (TPSA) is 67.8 Å². The monoisotopic (exact) mass is 431 g/mol. The molecule has 0 aromatic heterocycles. The van der Waals surface area contributed by atoms with Crippen LogP contribution in [0.5, 0.6) is 0 Å². The van der Waals surface area contributed by atoms with E-state index in [1.807, 2.05) is 27.7 Å². The Hall–Kier alpha value is -2.29. The van der Waals surface area contributed by atoms with E-state index >= 15 is 0 Å². The first-order valence-corrected chi connectivity index (χ1v) is 10.1. The van der Waals surface area contributed by atoms with Crippen molar-refractivity contribution in [2.24, 2.45) is 0 Å². The summed E-state index contributed by atoms with van der Waals surface area (Å²) in [5, 5.41) is 12.6. The van der Waals surface area contributed by atoms with Crippen LogP contribution in [0.2, 0.25) is 0 Å². The van der Waals surface area contributed by atoms with E-state index in [2.05, 4.69) is 5.32 Å². The van der Waals surface area contributed by atoms with Crippen molar-refractivity contribution in [3.63, 3.8) is 0 Å². The van der Waals surface area contributed by atoms with Gasteiger partial charge in [-0.2, -0.15) is 0 Å². The maximum atomic E-state index is 14.5. The third-order valence-electron chi connectivity index (χ3n) is 6.09. The van der Waals surface area contributed by atoms with E-state index in [1.165, 1.54) is 38.1 Å². The van der Waals surface area contributed by atoms with Crippen LogP contribution in [0.25, 0.3) is 0 Å². The third-order valence-corrected chi connectivity index (χ3v) is 6.09. The van der Waals surface area contributed by atoms with Gasteiger partial charge in [0.1, 0.15) is 11.6 Å². The van der Waals surface area contributed by atoms with Gasteiger partial charge in [-0.05, 0) is 89.3 Å². The zero-order valence-electron chi connectivity index (χ0n) is 18.9. The molecule has 0 bridgehead atoms. The van der Waals surface area contributed by atoms with Gasteiger partial charge >= 0.3 is 7.12 Å². The van der Waals surface area contributed by atoms with E-state index in [1.54, 1.807) is 6.92 Å². The minimum atomic E-state index is -1.24. The molecular formula is C23H28BF2NO4. The molecule has 166 valence electrons. The highest BCUT2D eigenvalue weighted by atomic mass is 19.1. The lowest BCUT2D eigenvalue weighted by Crippen LogP contribution is -2.41. The smallest absolute Gasteiger partial charge is 0.399 e. The maximum Gasteiger partial charge on any atom is 0.495 e. The van der Waals surface area contributed by atoms with Crippen LogP contribution in [0.15, 0.2) is 30.3 Å². The number of anilines is 1. The summed E-state index contributed by atoms with van der Waals surface area (Å²) in [6.45, 7) is 12.3. The van der Waals surface area contributed by atoms with Crippen LogP contribution in [0.3, 0.4) is 0 Å². The Morgan fingerprint density at radius 3 is 2.16 bits per heavy atom. The quantitative estimate of drug-likeness (QED) is 0.717. The Labute approximate surface area is 181 Å². The molecule has 2 aromatic rings. The van der Waals surface area contributed by atoms with Crippen molar-refractivity contribution in [2.75, 3.05) is 5.32 Å². The summed E-state index contributed by atoms with van der Waals surface area (Å²) in [6.07, 6.45) is 0. The second-order valence-corrected chi connectivity index (χ2v) is 9.46. The maximum absolute atomic E-state index is 14.5. The van der Waals surface area contributed by atoms with Crippen molar-refractivity contribution in [3.05, 3.63) is 58.7 Å². The SMILES string of the molecule is Cc1c(NC(=O)c2ccc(C(C)(C)O)cc2F)cc(F)cc1B1OC(C)(C)C(C)(C)O1. The molecule has 31 heavy (non-hydrogen) atoms. The molecule has 0 spiro atoms. The molecule has 0 atom stereocenters. The van der Waals surface area contributed by atoms with E-state index in [-0.39, 0.29) is 11.3 Å². The van der Waals surface area contributed by atoms with E-state index in [4.69, 9.17) is 9.31 Å². The van der Waals surface area contributed by atoms with Crippen molar-refractivity contribution < 1.29 is 28.0 Å². The zero-order chi connectivity index (χ0) is 23.4. The van der Waals surface area contributed by atoms with Crippen molar-refractivity contribution in [1.82, 2.24) is 0 Å². The first kappa shape index (κ1) is 23.4. The molecule has 2 N–H and O–H groups in total. The van der Waals surface area contributed by atoms with Crippen LogP contribution in [-0.4, -0.2) is 29.3 Å². The van der Waals surface area contributed by atoms with Gasteiger partial charge in [-0.25, -0.2) is 8.78 Å². The molecule has 0 aliphatic carbocycles. The van der Waals surface area contributed by atoms with Crippen LogP contribution in [0, 0.1) is 18.6 Å². The summed E-state index contributed by atoms with van der Waals surface area (Å²) in [5.41, 5.74) is -1.13. The highest BCUT2D eigenvalue weighted by Gasteiger charge is 2.52. The number of aliphatic hydroxyl groups is 1. The van der Waals surface area contributed by atoms with Crippen LogP contribution >= 0.6 is 0 Å². The lowest BCUT2D eigenvalue weighted by atomic mass is 9.75. The lowest BCUT2D eigenvalue weighted by molar-refractivity contribution is 0.00578. The van der Waals surface area contributed by atoms with Crippen LogP contribution < -0.4 is 10.8 Å². The van der Waals surface area contributed by atoms with Gasteiger partial charge in [0.15, 0.2) is 0 Å². The number of halogens is 2. The minimum Gasteiger partial charge on any atom is -0.399 e. The molecule has 1 fully saturated rings. The Morgan fingerprint density at radius 1 is 1.06 bits per heavy atom. The van der Waals surface area contributed by atoms with Crippen molar-refractivity contribution in [2.45, 2.75) is 65.3 Å². The number of nitrogens with one attached hydrogen (secondary N) is 1. The molecular weight excluding hydrogens is 403 g/mol. The van der Waals surface area contributed by atoms with E-state index in [0.717, 1.165) is 6.07 Å². The number of carbonyl (C=O) groups excluding carboxylic acids is 1. The minimum absolute atomic E-state index is 0.195. The average molecular weight is 431 g/mol. The first-order valence-electron chi connectivity index (χ1n) is 10.1. The van der Waals surface area contributed by atoms with E-state index in [0.29, 0.717) is 16.6 Å². The van der Waals surface area contributed by atoms with Gasteiger partial charge in [-0.3, -0.25) is 4.79 Å². The number of amides is 1. The Balaban J connectivity index is 1.91. The molecule has 1 aliphatic rings. The largest absolute Gasteiger partial charge is 0.495 e. The molecule has 0 unspecified atom stereocenters. The molecule has 1 saturated heterocycles. The lowest BCUT2D eigenvalue weighted by Gasteiger charge is -2.32. The normalized spacial score (nSPS) is 17.7. The molecule has 0 radical (unpaired) electrons. The van der Waals surface area contributed by atoms with Crippen molar-refractivity contribution >= 4 is 24.2 Å². The van der Waals surface area contributed by atoms with Gasteiger partial charge in [-0.1, -0.05) is 6.07 Å². The molecule has 1 aliphatic heterocycles. The third kappa shape index (κ3) is 4.51. The Kier molecular flexibility index (Phi) is 5.80. The van der Waals surface area contributed by atoms with Gasteiger partial charge in [0.05, 0.1) is 22.4 Å². The standard InChI is InChI=1S/C23H28BF2NO4/c1-13-17(24-30-22(4,5)23(6,7)31-24)11-15(25)12-19(13)27-20(28)16-9-8-14(10-18(16)26)21(2,3)29/h8-12,29H,1-7H3,(H,27,28). The molecule has 3 rings (SSSR count). The van der Waals surface area contributed by atoms with Crippen molar-refractivity contribution in [3.8, 4) is 0 Å². The molecule has 8 heteroatoms. The zero-order valence-corrected chi connectivity index (χ0v) is 18.9. The summed E-state index contributed by atoms with van der Waals surface area (Å²) >= 11 is 0. The number of hydrogen-bond acceptors (Lipinski definition) is 4. The highest BCUT2D eigenvalue weighted by Crippen LogP contribution is 2.37. The molecule has 2 aromatic carbocycles. The summed E-state index contributed by atoms with van der Waals surface area (Å²) in [7, 11) is -0.806. The van der Waals surface area contributed by atoms with Gasteiger partial charge in [0.2, 0.25) is 0 Å². The summed E-state index contributed by atoms with van der Waals surface area (Å²) in [5.74, 6) is -2.09. The first-order chi connectivity index (χ1) is 14.1. The number of benzene rings is 2. The second kappa shape index (κ2) is 7.69. The highest BCUT2D eigenvalue weighted by molar-refractivity contribution is 6.62. The van der Waals surface area contributed by atoms with Gasteiger partial charge in [-0.15, -0.1) is 0 Å². The van der Waals surface area contributed by atoms with Crippen LogP contribution in [0.1, 0.15) is 63.0 Å². The summed E-state index contributed by atoms with van der Waals surface area (Å²) < 4.78 is 40.9. The summed E-state index contributed by atoms with van der Waals surface area (Å²) in [6, 6.07) is 6.37. The Bertz CT molecular complexity index is 1010. The fourth-order valence-electron chi connectivity index (χ4n) is 3.31.